The SMILES string of the molecule is CC(C)(C)OC(=O)C1(S(=O)(=O)[N+]23CCN(CC2)CC3)NN2CCN1CC2. The van der Waals surface area contributed by atoms with Crippen LogP contribution in [0.3, 0.4) is 0 Å². The van der Waals surface area contributed by atoms with Crippen molar-refractivity contribution in [2.45, 2.75) is 31.4 Å². The molecule has 10 heteroatoms. The van der Waals surface area contributed by atoms with E-state index in [4.69, 9.17) is 4.74 Å². The van der Waals surface area contributed by atoms with Gasteiger partial charge in [0.05, 0.1) is 0 Å². The van der Waals surface area contributed by atoms with Crippen molar-refractivity contribution in [2.24, 2.45) is 0 Å². The Morgan fingerprint density at radius 1 is 1.00 bits per heavy atom. The predicted molar refractivity (Wildman–Crippen MR) is 95.1 cm³/mol. The standard InChI is InChI=1S/C16H30N5O4S/c1-15(2,3)25-14(22)16(17-20-6-4-19(16)5-7-20)26(23,24)21-11-8-18(9-12-21)10-13-21/h17H,4-13H2,1-3H3/q+1. The molecule has 1 unspecified atom stereocenters. The van der Waals surface area contributed by atoms with Gasteiger partial charge in [-0.25, -0.2) is 19.1 Å². The van der Waals surface area contributed by atoms with Crippen LogP contribution in [0.4, 0.5) is 0 Å². The number of hydrogen-bond acceptors (Lipinski definition) is 8. The summed E-state index contributed by atoms with van der Waals surface area (Å²) in [5.41, 5.74) is 2.32. The minimum atomic E-state index is -3.91. The van der Waals surface area contributed by atoms with Crippen LogP contribution in [-0.2, 0) is 19.6 Å². The van der Waals surface area contributed by atoms with Gasteiger partial charge in [-0.15, -0.1) is 0 Å². The van der Waals surface area contributed by atoms with E-state index in [1.807, 2.05) is 5.01 Å². The van der Waals surface area contributed by atoms with Gasteiger partial charge in [-0.2, -0.15) is 8.42 Å². The molecule has 6 rings (SSSR count). The van der Waals surface area contributed by atoms with Crippen LogP contribution in [0.25, 0.3) is 0 Å². The molecule has 6 aliphatic heterocycles. The molecule has 0 aromatic carbocycles. The minimum Gasteiger partial charge on any atom is -0.457 e. The zero-order chi connectivity index (χ0) is 18.8. The van der Waals surface area contributed by atoms with Crippen molar-refractivity contribution >= 4 is 16.0 Å². The van der Waals surface area contributed by atoms with Crippen molar-refractivity contribution in [1.82, 2.24) is 20.2 Å². The van der Waals surface area contributed by atoms with Crippen LogP contribution >= 0.6 is 0 Å². The number of hydrazine groups is 1. The van der Waals surface area contributed by atoms with Gasteiger partial charge in [-0.3, -0.25) is 9.80 Å². The smallest absolute Gasteiger partial charge is 0.366 e. The Bertz CT molecular complexity index is 676. The first kappa shape index (κ1) is 18.6. The molecule has 0 aromatic heterocycles. The van der Waals surface area contributed by atoms with E-state index < -0.39 is 26.6 Å². The summed E-state index contributed by atoms with van der Waals surface area (Å²) in [5.74, 6) is -0.699. The number of quaternary nitrogens is 1. The third kappa shape index (κ3) is 2.54. The van der Waals surface area contributed by atoms with Gasteiger partial charge in [0.15, 0.2) is 0 Å². The number of esters is 1. The second-order valence-electron chi connectivity index (χ2n) is 8.78. The van der Waals surface area contributed by atoms with E-state index in [2.05, 4.69) is 10.3 Å². The second-order valence-corrected chi connectivity index (χ2v) is 11.1. The zero-order valence-electron chi connectivity index (χ0n) is 15.9. The largest absolute Gasteiger partial charge is 0.457 e. The van der Waals surface area contributed by atoms with Gasteiger partial charge in [-0.1, -0.05) is 0 Å². The molecule has 0 spiro atoms. The maximum Gasteiger partial charge on any atom is 0.366 e. The molecule has 0 aromatic rings. The van der Waals surface area contributed by atoms with Crippen molar-refractivity contribution in [3.8, 4) is 0 Å². The summed E-state index contributed by atoms with van der Waals surface area (Å²) in [4.78, 5) is 15.6. The maximum absolute atomic E-state index is 14.1. The van der Waals surface area contributed by atoms with Crippen molar-refractivity contribution < 1.29 is 21.8 Å². The average molecular weight is 389 g/mol. The highest BCUT2D eigenvalue weighted by Crippen LogP contribution is 2.38. The zero-order valence-corrected chi connectivity index (χ0v) is 16.7. The predicted octanol–water partition coefficient (Wildman–Crippen LogP) is -1.41. The lowest BCUT2D eigenvalue weighted by atomic mass is 10.2. The quantitative estimate of drug-likeness (QED) is 0.467. The van der Waals surface area contributed by atoms with Crippen molar-refractivity contribution in [3.05, 3.63) is 0 Å². The molecule has 4 bridgehead atoms. The molecule has 1 atom stereocenters. The van der Waals surface area contributed by atoms with E-state index >= 15 is 0 Å². The summed E-state index contributed by atoms with van der Waals surface area (Å²) >= 11 is 0. The summed E-state index contributed by atoms with van der Waals surface area (Å²) in [6.07, 6.45) is 0. The van der Waals surface area contributed by atoms with Crippen LogP contribution < -0.4 is 5.43 Å². The monoisotopic (exact) mass is 388 g/mol. The molecule has 9 nitrogen and oxygen atoms in total. The van der Waals surface area contributed by atoms with Crippen LogP contribution in [0.2, 0.25) is 0 Å². The normalized spacial score (nSPS) is 42.7. The minimum absolute atomic E-state index is 0.0277. The van der Waals surface area contributed by atoms with Gasteiger partial charge in [0, 0.05) is 45.8 Å². The van der Waals surface area contributed by atoms with Gasteiger partial charge in [0.2, 0.25) is 0 Å². The first-order valence-electron chi connectivity index (χ1n) is 9.44. The molecule has 148 valence electrons. The number of nitrogens with one attached hydrogen (secondary N) is 1. The fraction of sp³-hybridized carbons (Fsp3) is 0.938. The summed E-state index contributed by atoms with van der Waals surface area (Å²) in [5, 5.41) is 1.86. The summed E-state index contributed by atoms with van der Waals surface area (Å²) in [6.45, 7) is 11.7. The number of piperazine rings is 4. The van der Waals surface area contributed by atoms with Crippen molar-refractivity contribution in [2.75, 3.05) is 65.4 Å². The van der Waals surface area contributed by atoms with E-state index in [0.29, 0.717) is 45.8 Å². The van der Waals surface area contributed by atoms with Crippen molar-refractivity contribution in [3.63, 3.8) is 0 Å². The molecule has 6 aliphatic rings. The number of fused-ring (bicyclic) bond motifs is 6. The Labute approximate surface area is 155 Å². The Hall–Kier alpha value is -0.780. The molecule has 0 saturated carbocycles. The number of carbonyl (C=O) groups is 1. The molecule has 0 aliphatic carbocycles. The maximum atomic E-state index is 14.1. The molecule has 6 saturated heterocycles. The Morgan fingerprint density at radius 2 is 1.54 bits per heavy atom. The lowest BCUT2D eigenvalue weighted by Crippen LogP contribution is -2.86. The molecule has 26 heavy (non-hydrogen) atoms. The number of sulfonamides is 1. The molecular weight excluding hydrogens is 358 g/mol. The second kappa shape index (κ2) is 5.86. The van der Waals surface area contributed by atoms with Crippen LogP contribution in [0.15, 0.2) is 0 Å². The molecule has 6 heterocycles. The number of carbonyl (C=O) groups excluding carboxylic acids is 1. The molecule has 0 amide bonds. The van der Waals surface area contributed by atoms with Crippen LogP contribution in [0, 0.1) is 0 Å². The molecule has 0 radical (unpaired) electrons. The molecule has 6 fully saturated rings. The first-order chi connectivity index (χ1) is 12.1. The Kier molecular flexibility index (Phi) is 4.18. The fourth-order valence-corrected chi connectivity index (χ4v) is 7.08. The number of rotatable bonds is 3. The Morgan fingerprint density at radius 3 is 1.96 bits per heavy atom. The summed E-state index contributed by atoms with van der Waals surface area (Å²) < 4.78 is 33.8. The van der Waals surface area contributed by atoms with Crippen LogP contribution in [0.1, 0.15) is 20.8 Å². The average Bonchev–Trinajstić information content (AvgIpc) is 2.62. The highest BCUT2D eigenvalue weighted by molar-refractivity contribution is 7.88. The third-order valence-electron chi connectivity index (χ3n) is 6.06. The fourth-order valence-electron chi connectivity index (χ4n) is 4.55. The first-order valence-corrected chi connectivity index (χ1v) is 10.9. The highest BCUT2D eigenvalue weighted by atomic mass is 32.2. The van der Waals surface area contributed by atoms with Gasteiger partial charge < -0.3 is 4.74 Å². The summed E-state index contributed by atoms with van der Waals surface area (Å²) in [7, 11) is -3.91. The highest BCUT2D eigenvalue weighted by Gasteiger charge is 2.70. The summed E-state index contributed by atoms with van der Waals surface area (Å²) in [6, 6.07) is 0. The van der Waals surface area contributed by atoms with E-state index in [1.54, 1.807) is 25.7 Å². The van der Waals surface area contributed by atoms with Gasteiger partial charge in [-0.05, 0) is 20.8 Å². The van der Waals surface area contributed by atoms with E-state index in [0.717, 1.165) is 19.6 Å². The number of ether oxygens (including phenoxy) is 1. The Balaban J connectivity index is 1.79. The van der Waals surface area contributed by atoms with E-state index in [9.17, 15) is 13.2 Å². The van der Waals surface area contributed by atoms with Gasteiger partial charge in [0.25, 0.3) is 0 Å². The van der Waals surface area contributed by atoms with Crippen molar-refractivity contribution in [1.29, 1.82) is 0 Å². The van der Waals surface area contributed by atoms with Gasteiger partial charge >= 0.3 is 21.0 Å². The van der Waals surface area contributed by atoms with Crippen LogP contribution in [-0.4, -0.2) is 109 Å². The number of nitrogens with zero attached hydrogens (tertiary/aromatic N) is 4. The van der Waals surface area contributed by atoms with Gasteiger partial charge in [0.1, 0.15) is 25.2 Å². The third-order valence-corrected chi connectivity index (χ3v) is 8.89. The molecular formula is C16H30N5O4S+. The topological polar surface area (TPSA) is 82.2 Å². The molecule has 1 N–H and O–H groups in total. The van der Waals surface area contributed by atoms with E-state index in [1.165, 1.54) is 0 Å². The number of hydrogen-bond donors (Lipinski definition) is 1. The lowest BCUT2D eigenvalue weighted by Gasteiger charge is -2.57. The van der Waals surface area contributed by atoms with Crippen LogP contribution in [0.5, 0.6) is 0 Å². The van der Waals surface area contributed by atoms with E-state index in [-0.39, 0.29) is 3.89 Å². The lowest BCUT2D eigenvalue weighted by molar-refractivity contribution is -0.825.